The fourth-order valence-corrected chi connectivity index (χ4v) is 4.74. The predicted octanol–water partition coefficient (Wildman–Crippen LogP) is 3.06. The maximum atomic E-state index is 12.8. The zero-order valence-corrected chi connectivity index (χ0v) is 20.2. The van der Waals surface area contributed by atoms with Gasteiger partial charge in [0, 0.05) is 41.3 Å². The van der Waals surface area contributed by atoms with Gasteiger partial charge in [0.05, 0.1) is 12.0 Å². The van der Waals surface area contributed by atoms with E-state index < -0.39 is 29.5 Å². The van der Waals surface area contributed by atoms with E-state index in [0.29, 0.717) is 17.6 Å². The summed E-state index contributed by atoms with van der Waals surface area (Å²) in [5.41, 5.74) is 3.54. The highest BCUT2D eigenvalue weighted by Crippen LogP contribution is 2.37. The second kappa shape index (κ2) is 9.93. The minimum Gasteiger partial charge on any atom is -0.481 e. The average molecular weight is 483 g/mol. The van der Waals surface area contributed by atoms with Crippen LogP contribution >= 0.6 is 0 Å². The molecule has 35 heavy (non-hydrogen) atoms. The molecule has 1 atom stereocenters. The van der Waals surface area contributed by atoms with Crippen LogP contribution in [0.25, 0.3) is 21.9 Å². The molecule has 0 saturated carbocycles. The van der Waals surface area contributed by atoms with Gasteiger partial charge in [-0.3, -0.25) is 14.4 Å². The molecule has 3 aromatic rings. The highest BCUT2D eigenvalue weighted by Gasteiger charge is 2.24. The van der Waals surface area contributed by atoms with Gasteiger partial charge in [-0.1, -0.05) is 0 Å². The first-order valence-corrected chi connectivity index (χ1v) is 12.0. The molecule has 9 heteroatoms. The fraction of sp³-hybridized carbons (Fsp3) is 0.462. The number of hydrogen-bond donors (Lipinski definition) is 3. The van der Waals surface area contributed by atoms with Gasteiger partial charge in [-0.05, 0) is 58.1 Å². The zero-order chi connectivity index (χ0) is 25.3. The first-order valence-electron chi connectivity index (χ1n) is 12.0. The van der Waals surface area contributed by atoms with Crippen molar-refractivity contribution in [3.8, 4) is 0 Å². The van der Waals surface area contributed by atoms with E-state index in [9.17, 15) is 19.2 Å². The van der Waals surface area contributed by atoms with Crippen LogP contribution in [0.3, 0.4) is 0 Å². The molecule has 0 unspecified atom stereocenters. The van der Waals surface area contributed by atoms with Crippen LogP contribution in [0, 0.1) is 13.8 Å². The molecule has 0 aliphatic heterocycles. The number of carboxylic acids is 1. The van der Waals surface area contributed by atoms with Crippen molar-refractivity contribution < 1.29 is 28.3 Å². The topological polar surface area (TPSA) is 139 Å². The molecule has 1 aromatic carbocycles. The zero-order valence-electron chi connectivity index (χ0n) is 20.2. The molecule has 9 nitrogen and oxygen atoms in total. The largest absolute Gasteiger partial charge is 0.481 e. The smallest absolute Gasteiger partial charge is 0.340 e. The third-order valence-electron chi connectivity index (χ3n) is 6.70. The Balaban J connectivity index is 1.55. The van der Waals surface area contributed by atoms with Crippen LogP contribution in [-0.4, -0.2) is 35.5 Å². The van der Waals surface area contributed by atoms with Gasteiger partial charge < -0.3 is 24.6 Å². The lowest BCUT2D eigenvalue weighted by molar-refractivity contribution is -0.137. The van der Waals surface area contributed by atoms with Gasteiger partial charge in [-0.15, -0.1) is 0 Å². The number of benzene rings is 1. The minimum absolute atomic E-state index is 0.0502. The lowest BCUT2D eigenvalue weighted by Crippen LogP contribution is -2.45. The number of fused-ring (bicyclic) bond motifs is 4. The molecule has 0 fully saturated rings. The number of hydrogen-bond acceptors (Lipinski definition) is 6. The Hall–Kier alpha value is -3.62. The van der Waals surface area contributed by atoms with Gasteiger partial charge in [0.1, 0.15) is 23.0 Å². The van der Waals surface area contributed by atoms with Crippen LogP contribution in [0.15, 0.2) is 19.7 Å². The number of nitrogens with one attached hydrogen (secondary N) is 2. The van der Waals surface area contributed by atoms with Crippen molar-refractivity contribution in [2.45, 2.75) is 71.8 Å². The summed E-state index contributed by atoms with van der Waals surface area (Å²) in [5.74, 6) is -0.839. The molecule has 2 aromatic heterocycles. The maximum Gasteiger partial charge on any atom is 0.340 e. The standard InChI is InChI=1S/C26H30N2O7/c1-13-17-11-19-16-7-4-5-8-20(16)34-24(19)14(2)23(17)35-26(33)18(13)12-21(29)28-15(3)25(32)27-10-6-9-22(30)31/h11,15H,4-10,12H2,1-3H3,(H,27,32)(H,28,29)(H,30,31)/t15-/m0/s1. The average Bonchev–Trinajstić information content (AvgIpc) is 3.19. The summed E-state index contributed by atoms with van der Waals surface area (Å²) in [6.07, 6.45) is 4.09. The van der Waals surface area contributed by atoms with E-state index in [1.54, 1.807) is 6.92 Å². The summed E-state index contributed by atoms with van der Waals surface area (Å²) < 4.78 is 11.8. The molecule has 0 bridgehead atoms. The number of furan rings is 1. The van der Waals surface area contributed by atoms with Crippen LogP contribution < -0.4 is 16.3 Å². The normalized spacial score (nSPS) is 14.0. The highest BCUT2D eigenvalue weighted by atomic mass is 16.4. The number of aliphatic carboxylic acids is 1. The van der Waals surface area contributed by atoms with Gasteiger partial charge in [-0.2, -0.15) is 0 Å². The van der Waals surface area contributed by atoms with Crippen molar-refractivity contribution in [3.63, 3.8) is 0 Å². The number of carbonyl (C=O) groups excluding carboxylic acids is 2. The van der Waals surface area contributed by atoms with Crippen LogP contribution in [0.2, 0.25) is 0 Å². The van der Waals surface area contributed by atoms with E-state index in [1.165, 1.54) is 12.5 Å². The van der Waals surface area contributed by atoms with Crippen molar-refractivity contribution in [1.29, 1.82) is 0 Å². The first kappa shape index (κ1) is 24.5. The molecule has 0 radical (unpaired) electrons. The molecule has 0 saturated heterocycles. The summed E-state index contributed by atoms with van der Waals surface area (Å²) in [4.78, 5) is 48.2. The third-order valence-corrected chi connectivity index (χ3v) is 6.70. The summed E-state index contributed by atoms with van der Waals surface area (Å²) >= 11 is 0. The molecule has 2 amide bonds. The summed E-state index contributed by atoms with van der Waals surface area (Å²) in [5, 5.41) is 15.7. The van der Waals surface area contributed by atoms with Crippen molar-refractivity contribution in [1.82, 2.24) is 10.6 Å². The Morgan fingerprint density at radius 2 is 1.77 bits per heavy atom. The van der Waals surface area contributed by atoms with Crippen LogP contribution in [0.1, 0.15) is 60.6 Å². The summed E-state index contributed by atoms with van der Waals surface area (Å²) in [6.45, 7) is 5.41. The maximum absolute atomic E-state index is 12.8. The molecule has 1 aliphatic carbocycles. The molecule has 3 N–H and O–H groups in total. The molecule has 0 spiro atoms. The second-order valence-corrected chi connectivity index (χ2v) is 9.21. The molecular weight excluding hydrogens is 452 g/mol. The first-order chi connectivity index (χ1) is 16.7. The van der Waals surface area contributed by atoms with Gasteiger partial charge in [0.2, 0.25) is 11.8 Å². The van der Waals surface area contributed by atoms with Gasteiger partial charge >= 0.3 is 11.6 Å². The fourth-order valence-electron chi connectivity index (χ4n) is 4.74. The Morgan fingerprint density at radius 3 is 2.51 bits per heavy atom. The van der Waals surface area contributed by atoms with Gasteiger partial charge in [0.25, 0.3) is 0 Å². The van der Waals surface area contributed by atoms with E-state index in [4.69, 9.17) is 13.9 Å². The molecule has 4 rings (SSSR count). The van der Waals surface area contributed by atoms with E-state index in [0.717, 1.165) is 53.4 Å². The minimum atomic E-state index is -0.936. The quantitative estimate of drug-likeness (QED) is 0.331. The van der Waals surface area contributed by atoms with E-state index in [-0.39, 0.29) is 24.9 Å². The van der Waals surface area contributed by atoms with Crippen molar-refractivity contribution in [2.24, 2.45) is 0 Å². The Labute approximate surface area is 201 Å². The van der Waals surface area contributed by atoms with Crippen molar-refractivity contribution in [3.05, 3.63) is 44.5 Å². The lowest BCUT2D eigenvalue weighted by atomic mass is 9.93. The highest BCUT2D eigenvalue weighted by molar-refractivity contribution is 6.00. The molecule has 186 valence electrons. The number of amides is 2. The number of aryl methyl sites for hydroxylation is 4. The second-order valence-electron chi connectivity index (χ2n) is 9.21. The lowest BCUT2D eigenvalue weighted by Gasteiger charge is -2.15. The van der Waals surface area contributed by atoms with Crippen LogP contribution in [-0.2, 0) is 33.6 Å². The van der Waals surface area contributed by atoms with Crippen molar-refractivity contribution in [2.75, 3.05) is 6.54 Å². The Morgan fingerprint density at radius 1 is 1.06 bits per heavy atom. The Bertz CT molecular complexity index is 1380. The van der Waals surface area contributed by atoms with E-state index in [1.807, 2.05) is 13.0 Å². The number of rotatable bonds is 8. The third kappa shape index (κ3) is 4.94. The van der Waals surface area contributed by atoms with E-state index in [2.05, 4.69) is 10.6 Å². The van der Waals surface area contributed by atoms with Gasteiger partial charge in [-0.25, -0.2) is 4.79 Å². The summed E-state index contributed by atoms with van der Waals surface area (Å²) in [6, 6.07) is 1.16. The predicted molar refractivity (Wildman–Crippen MR) is 130 cm³/mol. The molecular formula is C26H30N2O7. The number of carboxylic acid groups (broad SMARTS) is 1. The molecule has 2 heterocycles. The Kier molecular flexibility index (Phi) is 6.95. The number of carbonyl (C=O) groups is 3. The monoisotopic (exact) mass is 482 g/mol. The van der Waals surface area contributed by atoms with E-state index >= 15 is 0 Å². The summed E-state index contributed by atoms with van der Waals surface area (Å²) in [7, 11) is 0. The van der Waals surface area contributed by atoms with Crippen LogP contribution in [0.5, 0.6) is 0 Å². The van der Waals surface area contributed by atoms with Crippen LogP contribution in [0.4, 0.5) is 0 Å². The van der Waals surface area contributed by atoms with Crippen molar-refractivity contribution >= 4 is 39.7 Å². The molecule has 1 aliphatic rings. The van der Waals surface area contributed by atoms with Gasteiger partial charge in [0.15, 0.2) is 0 Å². The SMILES string of the molecule is Cc1c(CC(=O)N[C@@H](C)C(=O)NCCCC(=O)O)c(=O)oc2c(C)c3oc4c(c3cc12)CCCC4.